The van der Waals surface area contributed by atoms with Crippen molar-refractivity contribution in [2.45, 2.75) is 37.1 Å². The molecule has 1 aliphatic rings. The van der Waals surface area contributed by atoms with Crippen LogP contribution in [-0.4, -0.2) is 18.8 Å². The number of esters is 1. The summed E-state index contributed by atoms with van der Waals surface area (Å²) in [6.45, 7) is 1.85. The molecule has 1 fully saturated rings. The Balaban J connectivity index is 2.06. The summed E-state index contributed by atoms with van der Waals surface area (Å²) in [6.07, 6.45) is 2.41. The van der Waals surface area contributed by atoms with E-state index >= 15 is 0 Å². The first-order chi connectivity index (χ1) is 9.47. The van der Waals surface area contributed by atoms with Crippen LogP contribution in [0.15, 0.2) is 23.1 Å². The lowest BCUT2D eigenvalue weighted by atomic mass is 10.1. The van der Waals surface area contributed by atoms with Crippen LogP contribution < -0.4 is 5.73 Å². The Labute approximate surface area is 123 Å². The van der Waals surface area contributed by atoms with Gasteiger partial charge in [0.25, 0.3) is 0 Å². The largest absolute Gasteiger partial charge is 0.469 e. The van der Waals surface area contributed by atoms with Crippen molar-refractivity contribution in [3.63, 3.8) is 0 Å². The number of nitrogens with two attached hydrogens (primary N) is 1. The number of hydrogen-bond donors (Lipinski definition) is 1. The third-order valence-corrected chi connectivity index (χ3v) is 5.19. The van der Waals surface area contributed by atoms with E-state index < -0.39 is 0 Å². The van der Waals surface area contributed by atoms with E-state index in [1.165, 1.54) is 24.9 Å². The number of hydrogen-bond acceptors (Lipinski definition) is 4. The number of methoxy groups -OCH3 is 1. The van der Waals surface area contributed by atoms with Gasteiger partial charge in [-0.25, -0.2) is 4.39 Å². The molecule has 0 aliphatic heterocycles. The first kappa shape index (κ1) is 15.3. The van der Waals surface area contributed by atoms with Gasteiger partial charge >= 0.3 is 5.97 Å². The summed E-state index contributed by atoms with van der Waals surface area (Å²) in [7, 11) is 1.40. The van der Waals surface area contributed by atoms with E-state index in [9.17, 15) is 9.18 Å². The van der Waals surface area contributed by atoms with Crippen LogP contribution in [0.3, 0.4) is 0 Å². The molecule has 0 heterocycles. The summed E-state index contributed by atoms with van der Waals surface area (Å²) in [6, 6.07) is 4.78. The van der Waals surface area contributed by atoms with E-state index in [0.717, 1.165) is 24.2 Å². The highest BCUT2D eigenvalue weighted by Crippen LogP contribution is 2.52. The zero-order valence-corrected chi connectivity index (χ0v) is 12.6. The highest BCUT2D eigenvalue weighted by molar-refractivity contribution is 7.99. The highest BCUT2D eigenvalue weighted by Gasteiger charge is 2.44. The predicted molar refractivity (Wildman–Crippen MR) is 78.0 cm³/mol. The Morgan fingerprint density at radius 1 is 1.55 bits per heavy atom. The van der Waals surface area contributed by atoms with E-state index in [1.807, 2.05) is 13.0 Å². The third kappa shape index (κ3) is 3.52. The summed E-state index contributed by atoms with van der Waals surface area (Å²) in [4.78, 5) is 12.0. The Bertz CT molecular complexity index is 501. The number of benzene rings is 1. The molecule has 1 saturated carbocycles. The Hall–Kier alpha value is -1.07. The molecule has 1 aromatic carbocycles. The van der Waals surface area contributed by atoms with Crippen LogP contribution in [0.5, 0.6) is 0 Å². The van der Waals surface area contributed by atoms with Crippen molar-refractivity contribution >= 4 is 17.7 Å². The van der Waals surface area contributed by atoms with Crippen molar-refractivity contribution in [2.24, 2.45) is 11.1 Å². The maximum absolute atomic E-state index is 14.0. The fourth-order valence-electron chi connectivity index (χ4n) is 2.19. The highest BCUT2D eigenvalue weighted by atomic mass is 32.2. The molecule has 1 aliphatic carbocycles. The molecular weight excluding hydrogens is 277 g/mol. The van der Waals surface area contributed by atoms with Crippen LogP contribution in [0.2, 0.25) is 0 Å². The van der Waals surface area contributed by atoms with Gasteiger partial charge in [0.2, 0.25) is 0 Å². The smallest absolute Gasteiger partial charge is 0.306 e. The summed E-state index contributed by atoms with van der Waals surface area (Å²) >= 11 is 1.46. The van der Waals surface area contributed by atoms with Crippen LogP contribution in [0.4, 0.5) is 4.39 Å². The molecule has 3 nitrogen and oxygen atoms in total. The van der Waals surface area contributed by atoms with Gasteiger partial charge in [0.05, 0.1) is 13.5 Å². The molecule has 0 unspecified atom stereocenters. The van der Waals surface area contributed by atoms with Crippen molar-refractivity contribution in [1.82, 2.24) is 0 Å². The first-order valence-corrected chi connectivity index (χ1v) is 7.70. The molecule has 0 amide bonds. The van der Waals surface area contributed by atoms with Crippen LogP contribution in [0.1, 0.15) is 37.8 Å². The van der Waals surface area contributed by atoms with Crippen LogP contribution in [-0.2, 0) is 9.53 Å². The SMILES string of the molecule is COC(=O)CC1(CSc2c(F)cccc2[C@H](C)N)CC1. The van der Waals surface area contributed by atoms with Crippen molar-refractivity contribution in [2.75, 3.05) is 12.9 Å². The van der Waals surface area contributed by atoms with Gasteiger partial charge in [-0.1, -0.05) is 12.1 Å². The van der Waals surface area contributed by atoms with Crippen molar-refractivity contribution in [3.8, 4) is 0 Å². The van der Waals surface area contributed by atoms with Crippen molar-refractivity contribution in [1.29, 1.82) is 0 Å². The number of carbonyl (C=O) groups excluding carboxylic acids is 1. The lowest BCUT2D eigenvalue weighted by Crippen LogP contribution is -2.14. The zero-order chi connectivity index (χ0) is 14.8. The third-order valence-electron chi connectivity index (χ3n) is 3.71. The first-order valence-electron chi connectivity index (χ1n) is 6.71. The van der Waals surface area contributed by atoms with Gasteiger partial charge in [-0.3, -0.25) is 4.79 Å². The Kier molecular flexibility index (Phi) is 4.70. The Morgan fingerprint density at radius 2 is 2.25 bits per heavy atom. The van der Waals surface area contributed by atoms with Crippen molar-refractivity contribution < 1.29 is 13.9 Å². The number of thioether (sulfide) groups is 1. The molecular formula is C15H20FNO2S. The lowest BCUT2D eigenvalue weighted by Gasteiger charge is -2.17. The number of ether oxygens (including phenoxy) is 1. The minimum absolute atomic E-state index is 0.0187. The van der Waals surface area contributed by atoms with Crippen LogP contribution in [0, 0.1) is 11.2 Å². The van der Waals surface area contributed by atoms with Gasteiger partial charge < -0.3 is 10.5 Å². The molecule has 2 N–H and O–H groups in total. The molecule has 1 aromatic rings. The number of carbonyl (C=O) groups is 1. The second kappa shape index (κ2) is 6.14. The molecule has 110 valence electrons. The maximum Gasteiger partial charge on any atom is 0.306 e. The monoisotopic (exact) mass is 297 g/mol. The van der Waals surface area contributed by atoms with E-state index in [4.69, 9.17) is 10.5 Å². The molecule has 0 saturated heterocycles. The van der Waals surface area contributed by atoms with E-state index in [1.54, 1.807) is 6.07 Å². The average Bonchev–Trinajstić information content (AvgIpc) is 3.16. The maximum atomic E-state index is 14.0. The molecule has 0 radical (unpaired) electrons. The summed E-state index contributed by atoms with van der Waals surface area (Å²) in [5.41, 5.74) is 6.69. The second-order valence-electron chi connectivity index (χ2n) is 5.49. The summed E-state index contributed by atoms with van der Waals surface area (Å²) < 4.78 is 18.7. The predicted octanol–water partition coefficient (Wildman–Crippen LogP) is 3.28. The topological polar surface area (TPSA) is 52.3 Å². The fourth-order valence-corrected chi connectivity index (χ4v) is 3.66. The van der Waals surface area contributed by atoms with Gasteiger partial charge in [0.1, 0.15) is 5.82 Å². The molecule has 2 rings (SSSR count). The molecule has 0 spiro atoms. The van der Waals surface area contributed by atoms with Gasteiger partial charge in [-0.15, -0.1) is 11.8 Å². The van der Waals surface area contributed by atoms with E-state index in [-0.39, 0.29) is 23.2 Å². The van der Waals surface area contributed by atoms with Gasteiger partial charge in [0.15, 0.2) is 0 Å². The molecule has 5 heteroatoms. The number of rotatable bonds is 6. The Morgan fingerprint density at radius 3 is 2.80 bits per heavy atom. The quantitative estimate of drug-likeness (QED) is 0.646. The summed E-state index contributed by atoms with van der Waals surface area (Å²) in [5, 5.41) is 0. The van der Waals surface area contributed by atoms with E-state index in [2.05, 4.69) is 0 Å². The van der Waals surface area contributed by atoms with Crippen molar-refractivity contribution in [3.05, 3.63) is 29.6 Å². The van der Waals surface area contributed by atoms with Crippen LogP contribution in [0.25, 0.3) is 0 Å². The fraction of sp³-hybridized carbons (Fsp3) is 0.533. The van der Waals surface area contributed by atoms with Crippen LogP contribution >= 0.6 is 11.8 Å². The molecule has 0 aromatic heterocycles. The molecule has 1 atom stereocenters. The average molecular weight is 297 g/mol. The van der Waals surface area contributed by atoms with E-state index in [0.29, 0.717) is 11.3 Å². The minimum Gasteiger partial charge on any atom is -0.469 e. The standard InChI is InChI=1S/C15H20FNO2S/c1-10(17)11-4-3-5-12(16)14(11)20-9-15(6-7-15)8-13(18)19-2/h3-5,10H,6-9,17H2,1-2H3/t10-/m0/s1. The van der Waals surface area contributed by atoms with Gasteiger partial charge in [-0.05, 0) is 36.8 Å². The van der Waals surface area contributed by atoms with Gasteiger partial charge in [0, 0.05) is 16.7 Å². The number of halogens is 1. The summed E-state index contributed by atoms with van der Waals surface area (Å²) in [5.74, 6) is 0.297. The lowest BCUT2D eigenvalue weighted by molar-refractivity contribution is -0.141. The minimum atomic E-state index is -0.237. The van der Waals surface area contributed by atoms with Gasteiger partial charge in [-0.2, -0.15) is 0 Å². The molecule has 0 bridgehead atoms. The normalized spacial score (nSPS) is 17.6. The molecule has 20 heavy (non-hydrogen) atoms. The second-order valence-corrected chi connectivity index (χ2v) is 6.47. The zero-order valence-electron chi connectivity index (χ0n) is 11.8.